The minimum atomic E-state index is -0.196. The molecule has 6 nitrogen and oxygen atoms in total. The van der Waals surface area contributed by atoms with E-state index >= 15 is 0 Å². The van der Waals surface area contributed by atoms with Crippen molar-refractivity contribution < 1.29 is 0 Å². The van der Waals surface area contributed by atoms with Gasteiger partial charge in [-0.05, 0) is 19.8 Å². The SMILES string of the molecule is CCn1c(SCC(C#N)NC2CC2)n[nH]c1=O. The average molecular weight is 253 g/mol. The summed E-state index contributed by atoms with van der Waals surface area (Å²) in [6.45, 7) is 2.48. The summed E-state index contributed by atoms with van der Waals surface area (Å²) < 4.78 is 1.57. The lowest BCUT2D eigenvalue weighted by atomic mass is 10.4. The Balaban J connectivity index is 1.91. The van der Waals surface area contributed by atoms with Crippen LogP contribution >= 0.6 is 11.8 Å². The minimum Gasteiger partial charge on any atom is -0.298 e. The van der Waals surface area contributed by atoms with Crippen LogP contribution in [0.2, 0.25) is 0 Å². The van der Waals surface area contributed by atoms with Gasteiger partial charge in [-0.15, -0.1) is 5.10 Å². The molecule has 1 atom stereocenters. The second kappa shape index (κ2) is 5.38. The van der Waals surface area contributed by atoms with Crippen molar-refractivity contribution in [3.05, 3.63) is 10.5 Å². The second-order valence-corrected chi connectivity index (χ2v) is 4.98. The zero-order valence-corrected chi connectivity index (χ0v) is 10.5. The second-order valence-electron chi connectivity index (χ2n) is 3.99. The van der Waals surface area contributed by atoms with Gasteiger partial charge in [0.05, 0.1) is 6.07 Å². The molecule has 1 fully saturated rings. The lowest BCUT2D eigenvalue weighted by molar-refractivity contribution is 0.637. The highest BCUT2D eigenvalue weighted by Crippen LogP contribution is 2.21. The number of nitriles is 1. The standard InChI is InChI=1S/C10H15N5OS/c1-2-15-9(16)13-14-10(15)17-6-8(5-11)12-7-3-4-7/h7-8,12H,2-4,6H2,1H3,(H,13,16). The number of hydrogen-bond donors (Lipinski definition) is 2. The molecule has 0 bridgehead atoms. The number of hydrogen-bond acceptors (Lipinski definition) is 5. The highest BCUT2D eigenvalue weighted by molar-refractivity contribution is 7.99. The topological polar surface area (TPSA) is 86.5 Å². The summed E-state index contributed by atoms with van der Waals surface area (Å²) in [5.41, 5.74) is -0.196. The van der Waals surface area contributed by atoms with Crippen molar-refractivity contribution in [3.8, 4) is 6.07 Å². The highest BCUT2D eigenvalue weighted by Gasteiger charge is 2.24. The molecule has 0 amide bonds. The maximum absolute atomic E-state index is 11.3. The molecular formula is C10H15N5OS. The third-order valence-corrected chi connectivity index (χ3v) is 3.66. The van der Waals surface area contributed by atoms with Crippen molar-refractivity contribution in [2.24, 2.45) is 0 Å². The highest BCUT2D eigenvalue weighted by atomic mass is 32.2. The first-order chi connectivity index (χ1) is 8.24. The van der Waals surface area contributed by atoms with Crippen molar-refractivity contribution in [3.63, 3.8) is 0 Å². The van der Waals surface area contributed by atoms with Crippen molar-refractivity contribution >= 4 is 11.8 Å². The molecular weight excluding hydrogens is 238 g/mol. The molecule has 0 aromatic carbocycles. The molecule has 1 heterocycles. The van der Waals surface area contributed by atoms with Gasteiger partial charge in [-0.25, -0.2) is 9.89 Å². The Morgan fingerprint density at radius 1 is 1.76 bits per heavy atom. The van der Waals surface area contributed by atoms with E-state index in [4.69, 9.17) is 5.26 Å². The van der Waals surface area contributed by atoms with E-state index in [1.54, 1.807) is 4.57 Å². The van der Waals surface area contributed by atoms with Crippen LogP contribution < -0.4 is 11.0 Å². The van der Waals surface area contributed by atoms with Gasteiger partial charge in [0.25, 0.3) is 0 Å². The molecule has 1 aliphatic rings. The first-order valence-corrected chi connectivity index (χ1v) is 6.66. The number of aromatic amines is 1. The Bertz CT molecular complexity index is 470. The van der Waals surface area contributed by atoms with Crippen molar-refractivity contribution in [1.82, 2.24) is 20.1 Å². The monoisotopic (exact) mass is 253 g/mol. The van der Waals surface area contributed by atoms with E-state index in [0.29, 0.717) is 23.5 Å². The maximum Gasteiger partial charge on any atom is 0.343 e. The predicted octanol–water partition coefficient (Wildman–Crippen LogP) is 0.328. The van der Waals surface area contributed by atoms with Crippen LogP contribution in [0.25, 0.3) is 0 Å². The third-order valence-electron chi connectivity index (χ3n) is 2.59. The summed E-state index contributed by atoms with van der Waals surface area (Å²) in [5, 5.41) is 19.2. The number of nitrogens with one attached hydrogen (secondary N) is 2. The Kier molecular flexibility index (Phi) is 3.86. The van der Waals surface area contributed by atoms with Crippen molar-refractivity contribution in [2.45, 2.75) is 43.6 Å². The summed E-state index contributed by atoms with van der Waals surface area (Å²) in [4.78, 5) is 11.3. The Morgan fingerprint density at radius 3 is 3.12 bits per heavy atom. The fourth-order valence-electron chi connectivity index (χ4n) is 1.51. The van der Waals surface area contributed by atoms with Crippen LogP contribution in [0.15, 0.2) is 9.95 Å². The largest absolute Gasteiger partial charge is 0.343 e. The Hall–Kier alpha value is -1.26. The molecule has 2 N–H and O–H groups in total. The normalized spacial score (nSPS) is 16.7. The minimum absolute atomic E-state index is 0.176. The molecule has 92 valence electrons. The first kappa shape index (κ1) is 12.2. The first-order valence-electron chi connectivity index (χ1n) is 5.68. The molecule has 1 unspecified atom stereocenters. The number of nitrogens with zero attached hydrogens (tertiary/aromatic N) is 3. The molecule has 1 aliphatic carbocycles. The van der Waals surface area contributed by atoms with Gasteiger partial charge in [-0.1, -0.05) is 11.8 Å². The fourth-order valence-corrected chi connectivity index (χ4v) is 2.47. The number of rotatable bonds is 6. The van der Waals surface area contributed by atoms with Crippen LogP contribution in [0.4, 0.5) is 0 Å². The Labute approximate surface area is 103 Å². The third kappa shape index (κ3) is 3.11. The molecule has 0 spiro atoms. The van der Waals surface area contributed by atoms with E-state index < -0.39 is 0 Å². The van der Waals surface area contributed by atoms with Crippen LogP contribution in [-0.2, 0) is 6.54 Å². The van der Waals surface area contributed by atoms with Crippen molar-refractivity contribution in [2.75, 3.05) is 5.75 Å². The van der Waals surface area contributed by atoms with Gasteiger partial charge in [0.15, 0.2) is 5.16 Å². The zero-order valence-electron chi connectivity index (χ0n) is 9.64. The summed E-state index contributed by atoms with van der Waals surface area (Å²) in [6, 6.07) is 2.56. The molecule has 2 rings (SSSR count). The van der Waals surface area contributed by atoms with Crippen LogP contribution in [0.1, 0.15) is 19.8 Å². The van der Waals surface area contributed by atoms with Gasteiger partial charge in [0.2, 0.25) is 0 Å². The van der Waals surface area contributed by atoms with E-state index in [1.165, 1.54) is 11.8 Å². The molecule has 1 aromatic rings. The van der Waals surface area contributed by atoms with Gasteiger partial charge in [0.1, 0.15) is 6.04 Å². The maximum atomic E-state index is 11.3. The van der Waals surface area contributed by atoms with E-state index in [1.807, 2.05) is 6.92 Å². The van der Waals surface area contributed by atoms with Gasteiger partial charge >= 0.3 is 5.69 Å². The van der Waals surface area contributed by atoms with E-state index in [2.05, 4.69) is 21.6 Å². The van der Waals surface area contributed by atoms with Gasteiger partial charge in [-0.3, -0.25) is 9.88 Å². The van der Waals surface area contributed by atoms with E-state index in [9.17, 15) is 4.79 Å². The zero-order chi connectivity index (χ0) is 12.3. The van der Waals surface area contributed by atoms with Crippen LogP contribution in [0, 0.1) is 11.3 Å². The summed E-state index contributed by atoms with van der Waals surface area (Å²) in [6.07, 6.45) is 2.32. The van der Waals surface area contributed by atoms with Gasteiger partial charge < -0.3 is 0 Å². The summed E-state index contributed by atoms with van der Waals surface area (Å²) in [7, 11) is 0. The summed E-state index contributed by atoms with van der Waals surface area (Å²) >= 11 is 1.43. The summed E-state index contributed by atoms with van der Waals surface area (Å²) in [5.74, 6) is 0.608. The predicted molar refractivity (Wildman–Crippen MR) is 64.8 cm³/mol. The lowest BCUT2D eigenvalue weighted by Gasteiger charge is -2.09. The molecule has 0 aliphatic heterocycles. The molecule has 1 aromatic heterocycles. The fraction of sp³-hybridized carbons (Fsp3) is 0.700. The number of thioether (sulfide) groups is 1. The van der Waals surface area contributed by atoms with Gasteiger partial charge in [0, 0.05) is 18.3 Å². The van der Waals surface area contributed by atoms with Gasteiger partial charge in [-0.2, -0.15) is 5.26 Å². The smallest absolute Gasteiger partial charge is 0.298 e. The Morgan fingerprint density at radius 2 is 2.53 bits per heavy atom. The average Bonchev–Trinajstić information content (AvgIpc) is 3.08. The molecule has 7 heteroatoms. The number of H-pyrrole nitrogens is 1. The molecule has 1 saturated carbocycles. The van der Waals surface area contributed by atoms with E-state index in [-0.39, 0.29) is 11.7 Å². The quantitative estimate of drug-likeness (QED) is 0.713. The number of aromatic nitrogens is 3. The molecule has 0 radical (unpaired) electrons. The molecule has 17 heavy (non-hydrogen) atoms. The van der Waals surface area contributed by atoms with Crippen LogP contribution in [0.5, 0.6) is 0 Å². The lowest BCUT2D eigenvalue weighted by Crippen LogP contribution is -2.31. The van der Waals surface area contributed by atoms with Crippen LogP contribution in [-0.4, -0.2) is 32.6 Å². The van der Waals surface area contributed by atoms with Crippen LogP contribution in [0.3, 0.4) is 0 Å². The van der Waals surface area contributed by atoms with E-state index in [0.717, 1.165) is 12.8 Å². The molecule has 0 saturated heterocycles. The van der Waals surface area contributed by atoms with Crippen molar-refractivity contribution in [1.29, 1.82) is 5.26 Å².